The van der Waals surface area contributed by atoms with Gasteiger partial charge < -0.3 is 9.53 Å². The predicted molar refractivity (Wildman–Crippen MR) is 71.0 cm³/mol. The number of carbonyl (C=O) groups is 2. The molecule has 0 amide bonds. The van der Waals surface area contributed by atoms with E-state index in [4.69, 9.17) is 16.3 Å². The molecule has 1 rings (SSSR count). The molecular weight excluding hydrogens is 252 g/mol. The molecule has 1 aromatic rings. The van der Waals surface area contributed by atoms with E-state index in [1.54, 1.807) is 39.0 Å². The van der Waals surface area contributed by atoms with Crippen molar-refractivity contribution in [3.05, 3.63) is 34.3 Å². The van der Waals surface area contributed by atoms with Crippen LogP contribution in [-0.2, 0) is 16.0 Å². The zero-order chi connectivity index (χ0) is 13.8. The van der Waals surface area contributed by atoms with Crippen molar-refractivity contribution >= 4 is 23.9 Å². The fraction of sp³-hybridized carbons (Fsp3) is 0.429. The Bertz CT molecular complexity index is 447. The molecule has 4 heteroatoms. The second-order valence-electron chi connectivity index (χ2n) is 5.02. The summed E-state index contributed by atoms with van der Waals surface area (Å²) in [5, 5.41) is 0.354. The van der Waals surface area contributed by atoms with E-state index in [-0.39, 0.29) is 0 Å². The fourth-order valence-electron chi connectivity index (χ4n) is 1.44. The molecule has 0 aliphatic heterocycles. The van der Waals surface area contributed by atoms with Gasteiger partial charge in [-0.05, 0) is 44.9 Å². The number of hydrogen-bond acceptors (Lipinski definition) is 3. The maximum atomic E-state index is 11.8. The number of carbonyl (C=O) groups excluding carboxylic acids is 2. The lowest BCUT2D eigenvalue weighted by Crippen LogP contribution is -2.24. The van der Waals surface area contributed by atoms with Crippen LogP contribution in [0.15, 0.2) is 18.2 Å². The van der Waals surface area contributed by atoms with Crippen molar-refractivity contribution in [3.63, 3.8) is 0 Å². The van der Waals surface area contributed by atoms with Gasteiger partial charge in [0.05, 0.1) is 10.6 Å². The minimum absolute atomic E-state index is 0.349. The van der Waals surface area contributed by atoms with Gasteiger partial charge >= 0.3 is 5.97 Å². The number of ether oxygens (including phenoxy) is 1. The maximum absolute atomic E-state index is 11.8. The van der Waals surface area contributed by atoms with Crippen molar-refractivity contribution in [2.75, 3.05) is 0 Å². The second-order valence-corrected chi connectivity index (χ2v) is 5.43. The number of esters is 1. The quantitative estimate of drug-likeness (QED) is 0.621. The van der Waals surface area contributed by atoms with Gasteiger partial charge in [-0.25, -0.2) is 4.79 Å². The van der Waals surface area contributed by atoms with Crippen molar-refractivity contribution in [1.82, 2.24) is 0 Å². The van der Waals surface area contributed by atoms with E-state index in [0.29, 0.717) is 23.4 Å². The zero-order valence-electron chi connectivity index (χ0n) is 10.8. The molecule has 0 heterocycles. The van der Waals surface area contributed by atoms with Gasteiger partial charge in [-0.15, -0.1) is 0 Å². The number of benzene rings is 1. The van der Waals surface area contributed by atoms with E-state index in [0.717, 1.165) is 11.8 Å². The molecule has 0 aromatic heterocycles. The van der Waals surface area contributed by atoms with Crippen molar-refractivity contribution in [1.29, 1.82) is 0 Å². The lowest BCUT2D eigenvalue weighted by molar-refractivity contribution is -0.107. The third kappa shape index (κ3) is 4.49. The molecule has 0 fully saturated rings. The molecule has 0 aliphatic rings. The highest BCUT2D eigenvalue weighted by atomic mass is 35.5. The maximum Gasteiger partial charge on any atom is 0.340 e. The van der Waals surface area contributed by atoms with Gasteiger partial charge in [0.15, 0.2) is 0 Å². The summed E-state index contributed by atoms with van der Waals surface area (Å²) in [4.78, 5) is 22.1. The second kappa shape index (κ2) is 6.01. The lowest BCUT2D eigenvalue weighted by atomic mass is 10.1. The van der Waals surface area contributed by atoms with Crippen LogP contribution >= 0.6 is 11.6 Å². The van der Waals surface area contributed by atoms with Crippen LogP contribution in [0.5, 0.6) is 0 Å². The highest BCUT2D eigenvalue weighted by molar-refractivity contribution is 6.33. The molecule has 0 unspecified atom stereocenters. The summed E-state index contributed by atoms with van der Waals surface area (Å²) < 4.78 is 5.25. The molecule has 0 saturated carbocycles. The Morgan fingerprint density at radius 1 is 1.39 bits per heavy atom. The van der Waals surface area contributed by atoms with Crippen LogP contribution in [0.2, 0.25) is 5.02 Å². The molecule has 3 nitrogen and oxygen atoms in total. The molecule has 0 aliphatic carbocycles. The normalized spacial score (nSPS) is 11.1. The monoisotopic (exact) mass is 268 g/mol. The van der Waals surface area contributed by atoms with Crippen LogP contribution in [0.1, 0.15) is 43.1 Å². The third-order valence-corrected chi connectivity index (χ3v) is 2.52. The Morgan fingerprint density at radius 3 is 2.56 bits per heavy atom. The van der Waals surface area contributed by atoms with Crippen LogP contribution in [-0.4, -0.2) is 17.9 Å². The predicted octanol–water partition coefficient (Wildman–Crippen LogP) is 3.43. The summed E-state index contributed by atoms with van der Waals surface area (Å²) in [6.45, 7) is 5.41. The molecular formula is C14H17ClO3. The number of aryl methyl sites for hydroxylation is 1. The number of halogens is 1. The van der Waals surface area contributed by atoms with Crippen molar-refractivity contribution in [2.24, 2.45) is 0 Å². The summed E-state index contributed by atoms with van der Waals surface area (Å²) >= 11 is 6.04. The smallest absolute Gasteiger partial charge is 0.340 e. The topological polar surface area (TPSA) is 43.4 Å². The van der Waals surface area contributed by atoms with Crippen LogP contribution in [0, 0.1) is 0 Å². The molecule has 18 heavy (non-hydrogen) atoms. The van der Waals surface area contributed by atoms with Crippen LogP contribution in [0.4, 0.5) is 0 Å². The Kier molecular flexibility index (Phi) is 4.91. The summed E-state index contributed by atoms with van der Waals surface area (Å²) in [5.74, 6) is -0.436. The molecule has 98 valence electrons. The first-order valence-corrected chi connectivity index (χ1v) is 6.16. The summed E-state index contributed by atoms with van der Waals surface area (Å²) in [6, 6.07) is 5.12. The Balaban J connectivity index is 2.85. The van der Waals surface area contributed by atoms with E-state index < -0.39 is 11.6 Å². The van der Waals surface area contributed by atoms with Gasteiger partial charge in [0.25, 0.3) is 0 Å². The third-order valence-electron chi connectivity index (χ3n) is 2.20. The highest BCUT2D eigenvalue weighted by Gasteiger charge is 2.19. The number of hydrogen-bond donors (Lipinski definition) is 0. The van der Waals surface area contributed by atoms with Gasteiger partial charge in [-0.3, -0.25) is 0 Å². The summed E-state index contributed by atoms with van der Waals surface area (Å²) in [5.41, 5.74) is 0.734. The van der Waals surface area contributed by atoms with Gasteiger partial charge in [-0.2, -0.15) is 0 Å². The van der Waals surface area contributed by atoms with Crippen molar-refractivity contribution in [2.45, 2.75) is 39.2 Å². The van der Waals surface area contributed by atoms with Gasteiger partial charge in [0.1, 0.15) is 11.9 Å². The van der Waals surface area contributed by atoms with Gasteiger partial charge in [0.2, 0.25) is 0 Å². The molecule has 0 N–H and O–H groups in total. The molecule has 0 spiro atoms. The number of rotatable bonds is 4. The van der Waals surface area contributed by atoms with Gasteiger partial charge in [-0.1, -0.05) is 17.7 Å². The Hall–Kier alpha value is -1.35. The lowest BCUT2D eigenvalue weighted by Gasteiger charge is -2.20. The first kappa shape index (κ1) is 14.7. The van der Waals surface area contributed by atoms with E-state index >= 15 is 0 Å². The molecule has 1 aromatic carbocycles. The largest absolute Gasteiger partial charge is 0.456 e. The first-order valence-electron chi connectivity index (χ1n) is 5.79. The molecule has 0 bridgehead atoms. The van der Waals surface area contributed by atoms with Gasteiger partial charge in [0, 0.05) is 6.42 Å². The minimum atomic E-state index is -0.545. The molecule has 0 radical (unpaired) electrons. The Labute approximate surface area is 112 Å². The Morgan fingerprint density at radius 2 is 2.06 bits per heavy atom. The minimum Gasteiger partial charge on any atom is -0.456 e. The molecule has 0 atom stereocenters. The SMILES string of the molecule is CC(C)(C)OC(=O)c1ccc(CCC=O)cc1Cl. The zero-order valence-corrected chi connectivity index (χ0v) is 11.6. The van der Waals surface area contributed by atoms with E-state index in [2.05, 4.69) is 0 Å². The average molecular weight is 269 g/mol. The van der Waals surface area contributed by atoms with E-state index in [1.165, 1.54) is 0 Å². The standard InChI is InChI=1S/C14H17ClO3/c1-14(2,3)18-13(17)11-7-6-10(5-4-8-16)9-12(11)15/h6-9H,4-5H2,1-3H3. The first-order chi connectivity index (χ1) is 8.33. The summed E-state index contributed by atoms with van der Waals surface area (Å²) in [7, 11) is 0. The van der Waals surface area contributed by atoms with Crippen LogP contribution in [0.3, 0.4) is 0 Å². The summed E-state index contributed by atoms with van der Waals surface area (Å²) in [6.07, 6.45) is 1.93. The highest BCUT2D eigenvalue weighted by Crippen LogP contribution is 2.21. The van der Waals surface area contributed by atoms with E-state index in [1.807, 2.05) is 0 Å². The van der Waals surface area contributed by atoms with E-state index in [9.17, 15) is 9.59 Å². The fourth-order valence-corrected chi connectivity index (χ4v) is 1.72. The molecule has 0 saturated heterocycles. The van der Waals surface area contributed by atoms with Crippen molar-refractivity contribution in [3.8, 4) is 0 Å². The van der Waals surface area contributed by atoms with Crippen LogP contribution in [0.25, 0.3) is 0 Å². The average Bonchev–Trinajstić information content (AvgIpc) is 2.23. The van der Waals surface area contributed by atoms with Crippen LogP contribution < -0.4 is 0 Å². The number of aldehydes is 1. The van der Waals surface area contributed by atoms with Crippen molar-refractivity contribution < 1.29 is 14.3 Å².